The van der Waals surface area contributed by atoms with Gasteiger partial charge >= 0.3 is 0 Å². The molecule has 0 bridgehead atoms. The average Bonchev–Trinajstić information content (AvgIpc) is 3.16. The van der Waals surface area contributed by atoms with Gasteiger partial charge in [-0.1, -0.05) is 0 Å². The van der Waals surface area contributed by atoms with Crippen LogP contribution in [0.2, 0.25) is 0 Å². The smallest absolute Gasteiger partial charge is 0.246 e. The minimum absolute atomic E-state index is 0.208. The topological polar surface area (TPSA) is 82.2 Å². The summed E-state index contributed by atoms with van der Waals surface area (Å²) in [6.07, 6.45) is 6.21. The number of sulfonamides is 1. The molecule has 2 aromatic rings. The van der Waals surface area contributed by atoms with Crippen molar-refractivity contribution in [1.82, 2.24) is 23.9 Å². The molecule has 1 unspecified atom stereocenters. The summed E-state index contributed by atoms with van der Waals surface area (Å²) in [6.45, 7) is 3.76. The van der Waals surface area contributed by atoms with E-state index in [1.54, 1.807) is 17.9 Å². The Kier molecular flexibility index (Phi) is 4.02. The summed E-state index contributed by atoms with van der Waals surface area (Å²) < 4.78 is 35.7. The molecule has 3 rings (SSSR count). The molecular formula is C13H19N5O3S. The normalized spacial score (nSPS) is 20.4. The summed E-state index contributed by atoms with van der Waals surface area (Å²) in [5.74, 6) is 0. The van der Waals surface area contributed by atoms with Gasteiger partial charge in [0.2, 0.25) is 10.0 Å². The van der Waals surface area contributed by atoms with Crippen LogP contribution in [0, 0.1) is 0 Å². The van der Waals surface area contributed by atoms with E-state index >= 15 is 0 Å². The van der Waals surface area contributed by atoms with E-state index in [2.05, 4.69) is 10.2 Å². The highest BCUT2D eigenvalue weighted by Crippen LogP contribution is 2.26. The number of rotatable bonds is 4. The van der Waals surface area contributed by atoms with Crippen molar-refractivity contribution in [3.63, 3.8) is 0 Å². The number of hydrogen-bond acceptors (Lipinski definition) is 5. The van der Waals surface area contributed by atoms with Crippen molar-refractivity contribution in [2.75, 3.05) is 19.7 Å². The van der Waals surface area contributed by atoms with Crippen LogP contribution in [0.4, 0.5) is 0 Å². The minimum atomic E-state index is -3.54. The summed E-state index contributed by atoms with van der Waals surface area (Å²) in [5, 5.41) is 8.15. The Bertz CT molecular complexity index is 751. The lowest BCUT2D eigenvalue weighted by molar-refractivity contribution is -0.00260. The van der Waals surface area contributed by atoms with Gasteiger partial charge in [-0.2, -0.15) is 14.5 Å². The first-order valence-electron chi connectivity index (χ1n) is 7.13. The van der Waals surface area contributed by atoms with Crippen LogP contribution >= 0.6 is 0 Å². The molecule has 22 heavy (non-hydrogen) atoms. The fraction of sp³-hybridized carbons (Fsp3) is 0.538. The summed E-state index contributed by atoms with van der Waals surface area (Å²) >= 11 is 0. The van der Waals surface area contributed by atoms with Crippen LogP contribution in [-0.4, -0.2) is 52.0 Å². The maximum Gasteiger partial charge on any atom is 0.246 e. The summed E-state index contributed by atoms with van der Waals surface area (Å²) in [4.78, 5) is 0.208. The Labute approximate surface area is 129 Å². The summed E-state index contributed by atoms with van der Waals surface area (Å²) in [6, 6.07) is 0. The minimum Gasteiger partial charge on any atom is -0.371 e. The number of nitrogens with zero attached hydrogens (tertiary/aromatic N) is 5. The van der Waals surface area contributed by atoms with Crippen molar-refractivity contribution in [1.29, 1.82) is 0 Å². The van der Waals surface area contributed by atoms with E-state index in [0.29, 0.717) is 13.2 Å². The van der Waals surface area contributed by atoms with Crippen molar-refractivity contribution in [2.24, 2.45) is 7.05 Å². The fourth-order valence-electron chi connectivity index (χ4n) is 2.45. The zero-order valence-corrected chi connectivity index (χ0v) is 13.4. The Morgan fingerprint density at radius 1 is 1.32 bits per heavy atom. The van der Waals surface area contributed by atoms with E-state index in [0.717, 1.165) is 12.1 Å². The van der Waals surface area contributed by atoms with Gasteiger partial charge in [-0.25, -0.2) is 8.42 Å². The summed E-state index contributed by atoms with van der Waals surface area (Å²) in [5.41, 5.74) is 0.896. The lowest BCUT2D eigenvalue weighted by Crippen LogP contribution is -2.42. The highest BCUT2D eigenvalue weighted by Gasteiger charge is 2.32. The molecule has 120 valence electrons. The molecule has 1 fully saturated rings. The molecule has 1 aliphatic heterocycles. The molecule has 1 aliphatic rings. The average molecular weight is 325 g/mol. The highest BCUT2D eigenvalue weighted by atomic mass is 32.2. The second kappa shape index (κ2) is 5.82. The molecule has 1 saturated heterocycles. The summed E-state index contributed by atoms with van der Waals surface area (Å²) in [7, 11) is -1.84. The first-order valence-corrected chi connectivity index (χ1v) is 8.57. The largest absolute Gasteiger partial charge is 0.371 e. The number of aromatic nitrogens is 4. The Morgan fingerprint density at radius 2 is 2.14 bits per heavy atom. The second-order valence-corrected chi connectivity index (χ2v) is 7.14. The predicted molar refractivity (Wildman–Crippen MR) is 78.6 cm³/mol. The van der Waals surface area contributed by atoms with Crippen LogP contribution in [0.3, 0.4) is 0 Å². The van der Waals surface area contributed by atoms with Crippen LogP contribution < -0.4 is 0 Å². The molecule has 1 atom stereocenters. The number of ether oxygens (including phenoxy) is 1. The molecule has 0 spiro atoms. The number of morpholine rings is 1. The molecule has 9 heteroatoms. The van der Waals surface area contributed by atoms with Gasteiger partial charge in [0, 0.05) is 44.6 Å². The Balaban J connectivity index is 1.80. The van der Waals surface area contributed by atoms with Crippen LogP contribution in [0.5, 0.6) is 0 Å². The zero-order valence-electron chi connectivity index (χ0n) is 12.6. The van der Waals surface area contributed by atoms with Crippen molar-refractivity contribution >= 4 is 10.0 Å². The molecular weight excluding hydrogens is 306 g/mol. The van der Waals surface area contributed by atoms with Gasteiger partial charge in [0.15, 0.2) is 0 Å². The highest BCUT2D eigenvalue weighted by molar-refractivity contribution is 7.89. The second-order valence-electron chi connectivity index (χ2n) is 5.20. The maximum absolute atomic E-state index is 12.6. The van der Waals surface area contributed by atoms with E-state index < -0.39 is 10.0 Å². The van der Waals surface area contributed by atoms with Gasteiger partial charge in [-0.15, -0.1) is 0 Å². The third kappa shape index (κ3) is 2.79. The third-order valence-corrected chi connectivity index (χ3v) is 5.52. The molecule has 2 aromatic heterocycles. The first-order chi connectivity index (χ1) is 10.5. The Hall–Kier alpha value is -1.71. The molecule has 0 amide bonds. The van der Waals surface area contributed by atoms with Crippen LogP contribution in [0.25, 0.3) is 0 Å². The van der Waals surface area contributed by atoms with Gasteiger partial charge in [0.25, 0.3) is 0 Å². The van der Waals surface area contributed by atoms with Gasteiger partial charge in [-0.3, -0.25) is 9.36 Å². The standard InChI is InChI=1S/C13H19N5O3S/c1-3-17-8-11(6-15-17)13-10-18(4-5-21-13)22(19,20)12-7-14-16(2)9-12/h6-9,13H,3-5,10H2,1-2H3. The molecule has 0 radical (unpaired) electrons. The van der Waals surface area contributed by atoms with Crippen molar-refractivity contribution in [2.45, 2.75) is 24.5 Å². The molecule has 0 N–H and O–H groups in total. The maximum atomic E-state index is 12.6. The zero-order chi connectivity index (χ0) is 15.7. The number of hydrogen-bond donors (Lipinski definition) is 0. The van der Waals surface area contributed by atoms with Crippen LogP contribution in [0.1, 0.15) is 18.6 Å². The molecule has 3 heterocycles. The number of aryl methyl sites for hydroxylation is 2. The van der Waals surface area contributed by atoms with E-state index in [4.69, 9.17) is 4.74 Å². The molecule has 0 aromatic carbocycles. The van der Waals surface area contributed by atoms with E-state index in [1.807, 2.05) is 13.1 Å². The lowest BCUT2D eigenvalue weighted by atomic mass is 10.2. The SMILES string of the molecule is CCn1cc(C2CN(S(=O)(=O)c3cnn(C)c3)CCO2)cn1. The van der Waals surface area contributed by atoms with Gasteiger partial charge in [0.1, 0.15) is 4.90 Å². The van der Waals surface area contributed by atoms with Crippen LogP contribution in [-0.2, 0) is 28.4 Å². The third-order valence-electron chi connectivity index (χ3n) is 3.70. The van der Waals surface area contributed by atoms with Gasteiger partial charge < -0.3 is 4.74 Å². The molecule has 0 saturated carbocycles. The van der Waals surface area contributed by atoms with E-state index in [9.17, 15) is 8.42 Å². The Morgan fingerprint density at radius 3 is 2.77 bits per heavy atom. The quantitative estimate of drug-likeness (QED) is 0.812. The van der Waals surface area contributed by atoms with Crippen molar-refractivity contribution in [3.05, 3.63) is 30.4 Å². The van der Waals surface area contributed by atoms with Crippen molar-refractivity contribution in [3.8, 4) is 0 Å². The van der Waals surface area contributed by atoms with Gasteiger partial charge in [-0.05, 0) is 6.92 Å². The fourth-order valence-corrected chi connectivity index (χ4v) is 3.86. The lowest BCUT2D eigenvalue weighted by Gasteiger charge is -2.31. The van der Waals surface area contributed by atoms with Crippen LogP contribution in [0.15, 0.2) is 29.7 Å². The van der Waals surface area contributed by atoms with Crippen molar-refractivity contribution < 1.29 is 13.2 Å². The monoisotopic (exact) mass is 325 g/mol. The molecule has 8 nitrogen and oxygen atoms in total. The van der Waals surface area contributed by atoms with Gasteiger partial charge in [0.05, 0.1) is 25.1 Å². The molecule has 0 aliphatic carbocycles. The van der Waals surface area contributed by atoms with E-state index in [1.165, 1.54) is 21.4 Å². The predicted octanol–water partition coefficient (Wildman–Crippen LogP) is 0.399. The van der Waals surface area contributed by atoms with E-state index in [-0.39, 0.29) is 17.5 Å². The first kappa shape index (κ1) is 15.2.